The van der Waals surface area contributed by atoms with Gasteiger partial charge in [0.25, 0.3) is 0 Å². The van der Waals surface area contributed by atoms with Crippen molar-refractivity contribution in [1.29, 1.82) is 0 Å². The van der Waals surface area contributed by atoms with Crippen molar-refractivity contribution in [3.8, 4) is 0 Å². The van der Waals surface area contributed by atoms with Gasteiger partial charge < -0.3 is 25.6 Å². The van der Waals surface area contributed by atoms with Gasteiger partial charge in [0.15, 0.2) is 0 Å². The van der Waals surface area contributed by atoms with Gasteiger partial charge in [0.2, 0.25) is 0 Å². The fourth-order valence-electron chi connectivity index (χ4n) is 8.44. The first-order chi connectivity index (χ1) is 17.4. The molecule has 7 rings (SSSR count). The smallest absolute Gasteiger partial charge is 0.338 e. The average Bonchev–Trinajstić information content (AvgIpc) is 3.09. The van der Waals surface area contributed by atoms with Crippen molar-refractivity contribution in [3.05, 3.63) is 29.8 Å². The zero-order valence-electron chi connectivity index (χ0n) is 21.1. The van der Waals surface area contributed by atoms with Crippen LogP contribution in [0.15, 0.2) is 24.3 Å². The number of nitrogens with one attached hydrogen (secondary N) is 3. The summed E-state index contributed by atoms with van der Waals surface area (Å²) in [6.45, 7) is 2.10. The van der Waals surface area contributed by atoms with Gasteiger partial charge in [0, 0.05) is 29.4 Å². The summed E-state index contributed by atoms with van der Waals surface area (Å²) in [6, 6.07) is 7.04. The fourth-order valence-corrected chi connectivity index (χ4v) is 8.44. The lowest BCUT2D eigenvalue weighted by Crippen LogP contribution is -2.63. The number of rotatable bonds is 5. The Kier molecular flexibility index (Phi) is 6.08. The second-order valence-electron chi connectivity index (χ2n) is 12.0. The van der Waals surface area contributed by atoms with E-state index in [1.807, 2.05) is 4.90 Å². The van der Waals surface area contributed by atoms with Crippen molar-refractivity contribution < 1.29 is 19.1 Å². The van der Waals surface area contributed by atoms with Gasteiger partial charge in [-0.05, 0) is 113 Å². The first kappa shape index (κ1) is 23.6. The summed E-state index contributed by atoms with van der Waals surface area (Å²) < 4.78 is 5.02. The normalized spacial score (nSPS) is 35.9. The summed E-state index contributed by atoms with van der Waals surface area (Å²) in [5, 5.41) is 9.70. The van der Waals surface area contributed by atoms with E-state index in [1.165, 1.54) is 19.3 Å². The quantitative estimate of drug-likeness (QED) is 0.519. The Hall–Kier alpha value is -2.77. The predicted molar refractivity (Wildman–Crippen MR) is 136 cm³/mol. The van der Waals surface area contributed by atoms with E-state index in [-0.39, 0.29) is 41.7 Å². The Labute approximate surface area is 212 Å². The molecule has 3 atom stereocenters. The van der Waals surface area contributed by atoms with Crippen LogP contribution < -0.4 is 16.0 Å². The number of fused-ring (bicyclic) bond motifs is 2. The van der Waals surface area contributed by atoms with Crippen LogP contribution in [0, 0.1) is 17.8 Å². The highest BCUT2D eigenvalue weighted by Crippen LogP contribution is 2.55. The number of benzene rings is 1. The number of anilines is 1. The number of piperidine rings is 1. The van der Waals surface area contributed by atoms with Gasteiger partial charge in [0.05, 0.1) is 12.2 Å². The molecule has 194 valence electrons. The molecule has 36 heavy (non-hydrogen) atoms. The van der Waals surface area contributed by atoms with Crippen molar-refractivity contribution in [3.63, 3.8) is 0 Å². The highest BCUT2D eigenvalue weighted by Gasteiger charge is 2.52. The van der Waals surface area contributed by atoms with E-state index in [9.17, 15) is 14.4 Å². The van der Waals surface area contributed by atoms with Crippen LogP contribution >= 0.6 is 0 Å². The van der Waals surface area contributed by atoms with Crippen molar-refractivity contribution in [2.75, 3.05) is 11.9 Å². The molecule has 8 heteroatoms. The van der Waals surface area contributed by atoms with Gasteiger partial charge in [0.1, 0.15) is 0 Å². The maximum absolute atomic E-state index is 13.1. The molecule has 1 aromatic rings. The number of esters is 1. The van der Waals surface area contributed by atoms with Crippen LogP contribution in [-0.2, 0) is 4.74 Å². The zero-order chi connectivity index (χ0) is 24.9. The minimum atomic E-state index is -0.366. The molecule has 6 bridgehead atoms. The summed E-state index contributed by atoms with van der Waals surface area (Å²) in [6.07, 6.45) is 11.1. The van der Waals surface area contributed by atoms with E-state index in [0.29, 0.717) is 17.9 Å². The molecule has 2 saturated heterocycles. The van der Waals surface area contributed by atoms with Crippen LogP contribution in [0.4, 0.5) is 15.3 Å². The van der Waals surface area contributed by atoms with Crippen molar-refractivity contribution in [1.82, 2.24) is 15.5 Å². The van der Waals surface area contributed by atoms with Gasteiger partial charge in [-0.15, -0.1) is 0 Å². The number of carbonyl (C=O) groups excluding carboxylic acids is 3. The Bertz CT molecular complexity index is 976. The first-order valence-corrected chi connectivity index (χ1v) is 13.8. The summed E-state index contributed by atoms with van der Waals surface area (Å²) in [4.78, 5) is 40.0. The van der Waals surface area contributed by atoms with Crippen molar-refractivity contribution >= 4 is 23.7 Å². The molecule has 0 aromatic heterocycles. The molecule has 8 nitrogen and oxygen atoms in total. The number of amides is 4. The predicted octanol–water partition coefficient (Wildman–Crippen LogP) is 4.66. The van der Waals surface area contributed by atoms with Crippen LogP contribution in [0.2, 0.25) is 0 Å². The van der Waals surface area contributed by atoms with E-state index in [1.54, 1.807) is 31.2 Å². The monoisotopic (exact) mass is 494 g/mol. The van der Waals surface area contributed by atoms with E-state index < -0.39 is 0 Å². The van der Waals surface area contributed by atoms with Crippen LogP contribution in [0.1, 0.15) is 81.5 Å². The second kappa shape index (κ2) is 9.27. The maximum atomic E-state index is 13.1. The van der Waals surface area contributed by atoms with Gasteiger partial charge in [-0.25, -0.2) is 14.4 Å². The van der Waals surface area contributed by atoms with E-state index in [0.717, 1.165) is 62.7 Å². The van der Waals surface area contributed by atoms with E-state index >= 15 is 0 Å². The Morgan fingerprint density at radius 2 is 1.50 bits per heavy atom. The topological polar surface area (TPSA) is 99.8 Å². The summed E-state index contributed by atoms with van der Waals surface area (Å²) in [5.41, 5.74) is 1.14. The molecule has 3 N–H and O–H groups in total. The molecule has 4 aliphatic carbocycles. The van der Waals surface area contributed by atoms with Gasteiger partial charge >= 0.3 is 18.0 Å². The molecule has 6 aliphatic rings. The summed E-state index contributed by atoms with van der Waals surface area (Å²) in [7, 11) is 0. The SMILES string of the molecule is CCOC(=O)c1ccc(NC(=O)N2[C@@H]3CC[C@H]2CC(NC(=O)NC24CC5CC(CC(C5)C2)C4)C3)cc1. The summed E-state index contributed by atoms with van der Waals surface area (Å²) >= 11 is 0. The highest BCUT2D eigenvalue weighted by atomic mass is 16.5. The van der Waals surface area contributed by atoms with E-state index in [2.05, 4.69) is 16.0 Å². The third-order valence-corrected chi connectivity index (χ3v) is 9.37. The van der Waals surface area contributed by atoms with Gasteiger partial charge in [-0.3, -0.25) is 0 Å². The molecule has 4 saturated carbocycles. The summed E-state index contributed by atoms with van der Waals surface area (Å²) in [5.74, 6) is 2.04. The Morgan fingerprint density at radius 1 is 0.917 bits per heavy atom. The Balaban J connectivity index is 1.02. The number of ether oxygens (including phenoxy) is 1. The minimum absolute atomic E-state index is 0.0130. The third kappa shape index (κ3) is 4.55. The second-order valence-corrected chi connectivity index (χ2v) is 12.0. The lowest BCUT2D eigenvalue weighted by atomic mass is 9.53. The molecule has 4 amide bonds. The lowest BCUT2D eigenvalue weighted by Gasteiger charge is -2.56. The van der Waals surface area contributed by atoms with Crippen LogP contribution in [0.25, 0.3) is 0 Å². The number of carbonyl (C=O) groups is 3. The van der Waals surface area contributed by atoms with E-state index in [4.69, 9.17) is 4.74 Å². The molecule has 0 spiro atoms. The van der Waals surface area contributed by atoms with Crippen LogP contribution in [-0.4, -0.2) is 53.2 Å². The standard InChI is InChI=1S/C28H38N4O4/c1-2-36-25(33)20-3-5-21(6-4-20)30-27(35)32-23-7-8-24(32)13-22(12-23)29-26(34)31-28-14-17-9-18(15-28)11-19(10-17)16-28/h3-6,17-19,22-24H,2,7-16H2,1H3,(H,30,35)(H2,29,31,34)/t17?,18?,19?,22?,23-,24+,28?. The average molecular weight is 495 g/mol. The first-order valence-electron chi connectivity index (χ1n) is 13.8. The third-order valence-electron chi connectivity index (χ3n) is 9.37. The molecule has 6 fully saturated rings. The van der Waals surface area contributed by atoms with Crippen molar-refractivity contribution in [2.45, 2.75) is 94.8 Å². The highest BCUT2D eigenvalue weighted by molar-refractivity contribution is 5.92. The van der Waals surface area contributed by atoms with Crippen molar-refractivity contribution in [2.24, 2.45) is 17.8 Å². The molecular formula is C28H38N4O4. The fraction of sp³-hybridized carbons (Fsp3) is 0.679. The largest absolute Gasteiger partial charge is 0.462 e. The molecule has 1 aromatic carbocycles. The van der Waals surface area contributed by atoms with Crippen LogP contribution in [0.3, 0.4) is 0 Å². The Morgan fingerprint density at radius 3 is 2.06 bits per heavy atom. The number of nitrogens with zero attached hydrogens (tertiary/aromatic N) is 1. The minimum Gasteiger partial charge on any atom is -0.462 e. The number of hydrogen-bond acceptors (Lipinski definition) is 4. The van der Waals surface area contributed by atoms with Gasteiger partial charge in [-0.1, -0.05) is 0 Å². The molecule has 1 unspecified atom stereocenters. The number of hydrogen-bond donors (Lipinski definition) is 3. The lowest BCUT2D eigenvalue weighted by molar-refractivity contribution is -0.0138. The van der Waals surface area contributed by atoms with Gasteiger partial charge in [-0.2, -0.15) is 0 Å². The number of urea groups is 2. The zero-order valence-corrected chi connectivity index (χ0v) is 21.1. The molecule has 2 aliphatic heterocycles. The molecular weight excluding hydrogens is 456 g/mol. The van der Waals surface area contributed by atoms with Crippen LogP contribution in [0.5, 0.6) is 0 Å². The maximum Gasteiger partial charge on any atom is 0.338 e. The molecule has 0 radical (unpaired) electrons. The molecule has 2 heterocycles.